The van der Waals surface area contributed by atoms with Crippen molar-refractivity contribution in [1.82, 2.24) is 9.97 Å². The molecule has 1 aromatic carbocycles. The minimum absolute atomic E-state index is 0.0573. The van der Waals surface area contributed by atoms with E-state index in [-0.39, 0.29) is 18.3 Å². The largest absolute Gasteiger partial charge is 0.831 e. The Kier molecular flexibility index (Phi) is 9.04. The lowest BCUT2D eigenvalue weighted by Gasteiger charge is -2.21. The topological polar surface area (TPSA) is 147 Å². The fourth-order valence-electron chi connectivity index (χ4n) is 3.09. The van der Waals surface area contributed by atoms with Crippen LogP contribution in [0.4, 0.5) is 10.3 Å². The molecule has 3 N–H and O–H groups in total. The van der Waals surface area contributed by atoms with E-state index in [4.69, 9.17) is 5.11 Å². The van der Waals surface area contributed by atoms with Gasteiger partial charge >= 0.3 is 0 Å². The fraction of sp³-hybridized carbons (Fsp3) is 0.455. The average Bonchev–Trinajstić information content (AvgIpc) is 2.70. The Morgan fingerprint density at radius 1 is 1.12 bits per heavy atom. The molecule has 0 spiro atoms. The molecule has 2 rings (SSSR count). The van der Waals surface area contributed by atoms with Crippen LogP contribution in [0.5, 0.6) is 0 Å². The second kappa shape index (κ2) is 11.1. The maximum atomic E-state index is 13.5. The van der Waals surface area contributed by atoms with Crippen molar-refractivity contribution in [3.8, 4) is 11.3 Å². The number of nitrogens with zero attached hydrogens (tertiary/aromatic N) is 3. The first-order valence-corrected chi connectivity index (χ1v) is 12.1. The number of hydrogen-bond acceptors (Lipinski definition) is 8. The van der Waals surface area contributed by atoms with E-state index >= 15 is 0 Å². The van der Waals surface area contributed by atoms with Crippen LogP contribution in [-0.2, 0) is 10.0 Å². The van der Waals surface area contributed by atoms with Gasteiger partial charge in [0.1, 0.15) is 5.82 Å². The van der Waals surface area contributed by atoms with E-state index in [2.05, 4.69) is 9.97 Å². The van der Waals surface area contributed by atoms with E-state index in [1.54, 1.807) is 6.08 Å². The Morgan fingerprint density at radius 2 is 1.73 bits per heavy atom. The van der Waals surface area contributed by atoms with E-state index in [1.165, 1.54) is 37.4 Å². The molecule has 0 radical (unpaired) electrons. The summed E-state index contributed by atoms with van der Waals surface area (Å²) in [5, 5.41) is 39.7. The van der Waals surface area contributed by atoms with Crippen LogP contribution in [0, 0.1) is 5.82 Å². The maximum Gasteiger partial charge on any atom is 0.239 e. The first kappa shape index (κ1) is 26.8. The molecule has 1 unspecified atom stereocenters. The molecule has 33 heavy (non-hydrogen) atoms. The highest BCUT2D eigenvalue weighted by Gasteiger charge is 2.22. The Balaban J connectivity index is 2.60. The van der Waals surface area contributed by atoms with Gasteiger partial charge in [-0.1, -0.05) is 26.0 Å². The van der Waals surface area contributed by atoms with Crippen LogP contribution in [0.25, 0.3) is 17.3 Å². The van der Waals surface area contributed by atoms with Gasteiger partial charge in [0, 0.05) is 24.6 Å². The Labute approximate surface area is 192 Å². The molecule has 0 bridgehead atoms. The van der Waals surface area contributed by atoms with Crippen molar-refractivity contribution >= 4 is 22.0 Å². The van der Waals surface area contributed by atoms with Crippen LogP contribution in [0.2, 0.25) is 0 Å². The molecule has 0 saturated heterocycles. The van der Waals surface area contributed by atoms with Crippen molar-refractivity contribution in [2.45, 2.75) is 51.1 Å². The Bertz CT molecular complexity index is 1070. The standard InChI is InChI=1S/C22H29FN3O6S/c1-13(2)20-18(10-9-16(27)11-17(28)12-19(29)30)21(14-5-7-15(23)8-6-14)25-22(24-20)26(3)33(4,31)32/h5-10,13,16-17,19,27-29H,11-12H2,1-4H3/q-1/b10-9+/t16-,17-,19?/m1/s1. The second-order valence-corrected chi connectivity index (χ2v) is 10.1. The summed E-state index contributed by atoms with van der Waals surface area (Å²) in [7, 11) is -2.32. The summed E-state index contributed by atoms with van der Waals surface area (Å²) >= 11 is 0. The van der Waals surface area contributed by atoms with Crippen molar-refractivity contribution < 1.29 is 33.2 Å². The minimum Gasteiger partial charge on any atom is -0.831 e. The molecule has 1 heterocycles. The van der Waals surface area contributed by atoms with Gasteiger partial charge in [0.05, 0.1) is 29.9 Å². The monoisotopic (exact) mass is 482 g/mol. The first-order valence-electron chi connectivity index (χ1n) is 10.3. The minimum atomic E-state index is -3.65. The van der Waals surface area contributed by atoms with Gasteiger partial charge in [-0.05, 0) is 42.9 Å². The molecular formula is C22H29FN3O6S-. The number of hydrogen-bond donors (Lipinski definition) is 3. The van der Waals surface area contributed by atoms with Gasteiger partial charge in [-0.15, -0.1) is 0 Å². The maximum absolute atomic E-state index is 13.5. The van der Waals surface area contributed by atoms with Crippen molar-refractivity contribution in [1.29, 1.82) is 0 Å². The van der Waals surface area contributed by atoms with Gasteiger partial charge in [-0.2, -0.15) is 0 Å². The van der Waals surface area contributed by atoms with E-state index in [1.807, 2.05) is 13.8 Å². The molecule has 182 valence electrons. The van der Waals surface area contributed by atoms with Gasteiger partial charge < -0.3 is 20.4 Å². The predicted molar refractivity (Wildman–Crippen MR) is 121 cm³/mol. The quantitative estimate of drug-likeness (QED) is 0.425. The van der Waals surface area contributed by atoms with Crippen LogP contribution in [0.1, 0.15) is 43.9 Å². The number of aromatic nitrogens is 2. The molecule has 0 amide bonds. The predicted octanol–water partition coefficient (Wildman–Crippen LogP) is 0.996. The molecule has 0 saturated carbocycles. The lowest BCUT2D eigenvalue weighted by molar-refractivity contribution is -0.486. The van der Waals surface area contributed by atoms with E-state index in [0.29, 0.717) is 22.5 Å². The van der Waals surface area contributed by atoms with Crippen LogP contribution in [0.15, 0.2) is 30.3 Å². The highest BCUT2D eigenvalue weighted by Crippen LogP contribution is 2.31. The number of halogens is 1. The van der Waals surface area contributed by atoms with Crippen molar-refractivity contribution in [3.05, 3.63) is 47.4 Å². The van der Waals surface area contributed by atoms with Gasteiger partial charge in [0.25, 0.3) is 0 Å². The summed E-state index contributed by atoms with van der Waals surface area (Å²) in [6, 6.07) is 5.50. The highest BCUT2D eigenvalue weighted by atomic mass is 32.2. The third-order valence-corrected chi connectivity index (χ3v) is 6.04. The summed E-state index contributed by atoms with van der Waals surface area (Å²) in [6.07, 6.45) is -0.911. The smallest absolute Gasteiger partial charge is 0.239 e. The van der Waals surface area contributed by atoms with E-state index in [0.717, 1.165) is 10.6 Å². The van der Waals surface area contributed by atoms with Gasteiger partial charge in [-0.25, -0.2) is 27.1 Å². The first-order chi connectivity index (χ1) is 15.3. The van der Waals surface area contributed by atoms with Crippen molar-refractivity contribution in [2.24, 2.45) is 0 Å². The molecular weight excluding hydrogens is 453 g/mol. The van der Waals surface area contributed by atoms with Crippen molar-refractivity contribution in [3.63, 3.8) is 0 Å². The molecule has 0 aliphatic rings. The number of aliphatic hydroxyl groups is 3. The highest BCUT2D eigenvalue weighted by molar-refractivity contribution is 7.92. The third kappa shape index (κ3) is 7.54. The zero-order valence-corrected chi connectivity index (χ0v) is 19.7. The molecule has 0 aliphatic carbocycles. The van der Waals surface area contributed by atoms with Crippen molar-refractivity contribution in [2.75, 3.05) is 17.6 Å². The summed E-state index contributed by atoms with van der Waals surface area (Å²) in [5.41, 5.74) is 1.82. The van der Waals surface area contributed by atoms with Crippen LogP contribution >= 0.6 is 0 Å². The van der Waals surface area contributed by atoms with Crippen LogP contribution in [0.3, 0.4) is 0 Å². The molecule has 3 atom stereocenters. The van der Waals surface area contributed by atoms with E-state index in [9.17, 15) is 28.1 Å². The number of sulfonamides is 1. The Hall–Kier alpha value is -2.44. The second-order valence-electron chi connectivity index (χ2n) is 8.07. The zero-order chi connectivity index (χ0) is 24.9. The molecule has 11 heteroatoms. The summed E-state index contributed by atoms with van der Waals surface area (Å²) in [6.45, 7) is 3.71. The molecule has 9 nitrogen and oxygen atoms in total. The lowest BCUT2D eigenvalue weighted by Crippen LogP contribution is -2.30. The lowest BCUT2D eigenvalue weighted by atomic mass is 9.97. The average molecular weight is 483 g/mol. The molecule has 0 fully saturated rings. The van der Waals surface area contributed by atoms with Crippen LogP contribution in [-0.4, -0.2) is 65.5 Å². The number of rotatable bonds is 10. The number of anilines is 1. The summed E-state index contributed by atoms with van der Waals surface area (Å²) in [4.78, 5) is 8.84. The number of aliphatic hydroxyl groups excluding tert-OH is 3. The fourth-order valence-corrected chi connectivity index (χ4v) is 3.47. The zero-order valence-electron chi connectivity index (χ0n) is 18.9. The SMILES string of the molecule is CC(C)c1nc(N(C)S(C)(=O)=O)nc(-c2ccc(F)cc2)c1/C=C/[C@@H](O)C[C@@H](O)CC([O-])O. The van der Waals surface area contributed by atoms with Crippen LogP contribution < -0.4 is 9.41 Å². The van der Waals surface area contributed by atoms with Gasteiger partial charge in [0.15, 0.2) is 0 Å². The normalized spacial score (nSPS) is 15.1. The third-order valence-electron chi connectivity index (χ3n) is 4.88. The molecule has 0 aliphatic heterocycles. The number of benzene rings is 1. The summed E-state index contributed by atoms with van der Waals surface area (Å²) in [5.74, 6) is -0.678. The molecule has 1 aromatic heterocycles. The summed E-state index contributed by atoms with van der Waals surface area (Å²) < 4.78 is 38.6. The molecule has 2 aromatic rings. The Morgan fingerprint density at radius 3 is 2.24 bits per heavy atom. The van der Waals surface area contributed by atoms with Gasteiger partial charge in [-0.3, -0.25) is 0 Å². The van der Waals surface area contributed by atoms with Gasteiger partial charge in [0.2, 0.25) is 16.0 Å². The van der Waals surface area contributed by atoms with E-state index < -0.39 is 40.8 Å².